The monoisotopic (exact) mass is 359 g/mol. The number of carbonyl (C=O) groups excluding carboxylic acids is 1. The van der Waals surface area contributed by atoms with Crippen LogP contribution in [0.2, 0.25) is 0 Å². The summed E-state index contributed by atoms with van der Waals surface area (Å²) in [5.74, 6) is 0.979. The maximum Gasteiger partial charge on any atom is 0.287 e. The highest BCUT2D eigenvalue weighted by Crippen LogP contribution is 2.30. The van der Waals surface area contributed by atoms with Gasteiger partial charge >= 0.3 is 0 Å². The van der Waals surface area contributed by atoms with Gasteiger partial charge in [-0.2, -0.15) is 0 Å². The van der Waals surface area contributed by atoms with E-state index in [2.05, 4.69) is 33.5 Å². The summed E-state index contributed by atoms with van der Waals surface area (Å²) in [4.78, 5) is 18.6. The highest BCUT2D eigenvalue weighted by molar-refractivity contribution is 5.92. The predicted octanol–water partition coefficient (Wildman–Crippen LogP) is 3.98. The lowest BCUT2D eigenvalue weighted by molar-refractivity contribution is 0.0920. The Morgan fingerprint density at radius 3 is 2.70 bits per heavy atom. The number of fused-ring (bicyclic) bond motifs is 1. The first kappa shape index (κ1) is 17.1. The number of benzene rings is 1. The summed E-state index contributed by atoms with van der Waals surface area (Å²) in [6, 6.07) is 15.9. The molecule has 1 amide bonds. The minimum atomic E-state index is -0.205. The molecule has 4 rings (SSSR count). The van der Waals surface area contributed by atoms with E-state index < -0.39 is 0 Å². The number of allylic oxidation sites excluding steroid dienone is 1. The Morgan fingerprint density at radius 2 is 1.93 bits per heavy atom. The van der Waals surface area contributed by atoms with Crippen LogP contribution in [-0.4, -0.2) is 15.8 Å². The van der Waals surface area contributed by atoms with E-state index >= 15 is 0 Å². The number of nitrogens with one attached hydrogen (secondary N) is 1. The van der Waals surface area contributed by atoms with Gasteiger partial charge in [-0.15, -0.1) is 0 Å². The standard InChI is InChI=1S/C22H21N3O2/c1-16-13-25(14-18-5-3-2-4-6-18)15-21-19(16)11-20(27-21)22(26)24-12-17-7-9-23-10-8-17/h2-11,13H,12,14-15H2,1H3,(H,24,26). The third-order valence-corrected chi connectivity index (χ3v) is 4.61. The second kappa shape index (κ2) is 7.50. The van der Waals surface area contributed by atoms with Crippen molar-refractivity contribution < 1.29 is 9.21 Å². The zero-order valence-corrected chi connectivity index (χ0v) is 15.2. The molecule has 1 N–H and O–H groups in total. The average molecular weight is 359 g/mol. The van der Waals surface area contributed by atoms with E-state index in [4.69, 9.17) is 4.42 Å². The SMILES string of the molecule is CC1=CN(Cc2ccccc2)Cc2oc(C(=O)NCc3ccncc3)cc21. The van der Waals surface area contributed by atoms with Gasteiger partial charge in [-0.05, 0) is 41.8 Å². The van der Waals surface area contributed by atoms with Crippen molar-refractivity contribution in [2.45, 2.75) is 26.6 Å². The van der Waals surface area contributed by atoms with Crippen LogP contribution in [0.1, 0.15) is 39.9 Å². The second-order valence-corrected chi connectivity index (χ2v) is 6.69. The molecular weight excluding hydrogens is 338 g/mol. The molecule has 0 fully saturated rings. The predicted molar refractivity (Wildman–Crippen MR) is 103 cm³/mol. The van der Waals surface area contributed by atoms with Gasteiger partial charge in [0.05, 0.1) is 6.54 Å². The van der Waals surface area contributed by atoms with Crippen LogP contribution >= 0.6 is 0 Å². The lowest BCUT2D eigenvalue weighted by Crippen LogP contribution is -2.22. The van der Waals surface area contributed by atoms with Crippen LogP contribution in [0, 0.1) is 0 Å². The van der Waals surface area contributed by atoms with Crippen molar-refractivity contribution in [3.63, 3.8) is 0 Å². The van der Waals surface area contributed by atoms with Crippen LogP contribution < -0.4 is 5.32 Å². The molecule has 3 heterocycles. The maximum absolute atomic E-state index is 12.5. The number of hydrogen-bond donors (Lipinski definition) is 1. The summed E-state index contributed by atoms with van der Waals surface area (Å²) >= 11 is 0. The van der Waals surface area contributed by atoms with Crippen LogP contribution in [0.4, 0.5) is 0 Å². The molecular formula is C22H21N3O2. The Bertz CT molecular complexity index is 962. The molecule has 3 aromatic rings. The van der Waals surface area contributed by atoms with E-state index in [1.165, 1.54) is 5.56 Å². The highest BCUT2D eigenvalue weighted by atomic mass is 16.4. The van der Waals surface area contributed by atoms with Crippen LogP contribution in [0.15, 0.2) is 71.5 Å². The number of amides is 1. The summed E-state index contributed by atoms with van der Waals surface area (Å²) < 4.78 is 5.89. The normalized spacial score (nSPS) is 13.1. The van der Waals surface area contributed by atoms with Crippen molar-refractivity contribution in [1.82, 2.24) is 15.2 Å². The summed E-state index contributed by atoms with van der Waals surface area (Å²) in [5, 5.41) is 2.90. The summed E-state index contributed by atoms with van der Waals surface area (Å²) in [6.45, 7) is 3.95. The number of aromatic nitrogens is 1. The van der Waals surface area contributed by atoms with E-state index in [9.17, 15) is 4.79 Å². The molecule has 27 heavy (non-hydrogen) atoms. The first-order chi connectivity index (χ1) is 13.2. The zero-order valence-electron chi connectivity index (χ0n) is 15.2. The fraction of sp³-hybridized carbons (Fsp3) is 0.182. The van der Waals surface area contributed by atoms with Crippen LogP contribution in [0.5, 0.6) is 0 Å². The molecule has 0 unspecified atom stereocenters. The topological polar surface area (TPSA) is 58.4 Å². The largest absolute Gasteiger partial charge is 0.453 e. The Kier molecular flexibility index (Phi) is 4.75. The first-order valence-electron chi connectivity index (χ1n) is 8.95. The molecule has 1 aliphatic rings. The van der Waals surface area contributed by atoms with E-state index in [0.29, 0.717) is 18.8 Å². The Morgan fingerprint density at radius 1 is 1.15 bits per heavy atom. The van der Waals surface area contributed by atoms with Crippen LogP contribution in [0.25, 0.3) is 5.57 Å². The van der Waals surface area contributed by atoms with Crippen LogP contribution in [0.3, 0.4) is 0 Å². The number of nitrogens with zero attached hydrogens (tertiary/aromatic N) is 2. The Balaban J connectivity index is 1.45. The number of carbonyl (C=O) groups is 1. The number of furan rings is 1. The smallest absolute Gasteiger partial charge is 0.287 e. The maximum atomic E-state index is 12.5. The minimum absolute atomic E-state index is 0.205. The molecule has 136 valence electrons. The lowest BCUT2D eigenvalue weighted by Gasteiger charge is -2.25. The molecule has 5 nitrogen and oxygen atoms in total. The van der Waals surface area contributed by atoms with Gasteiger partial charge in [0.1, 0.15) is 5.76 Å². The fourth-order valence-corrected chi connectivity index (χ4v) is 3.25. The van der Waals surface area contributed by atoms with Crippen molar-refractivity contribution in [1.29, 1.82) is 0 Å². The van der Waals surface area contributed by atoms with E-state index in [0.717, 1.165) is 29.0 Å². The average Bonchev–Trinajstić information content (AvgIpc) is 3.13. The van der Waals surface area contributed by atoms with Crippen LogP contribution in [-0.2, 0) is 19.6 Å². The van der Waals surface area contributed by atoms with Gasteiger partial charge in [-0.3, -0.25) is 9.78 Å². The molecule has 0 radical (unpaired) electrons. The van der Waals surface area contributed by atoms with Gasteiger partial charge in [0, 0.05) is 37.2 Å². The van der Waals surface area contributed by atoms with Crippen molar-refractivity contribution in [2.24, 2.45) is 0 Å². The summed E-state index contributed by atoms with van der Waals surface area (Å²) in [5.41, 5.74) is 4.35. The molecule has 5 heteroatoms. The van der Waals surface area contributed by atoms with Crippen molar-refractivity contribution >= 4 is 11.5 Å². The quantitative estimate of drug-likeness (QED) is 0.749. The number of rotatable bonds is 5. The second-order valence-electron chi connectivity index (χ2n) is 6.69. The number of pyridine rings is 1. The Labute approximate surface area is 158 Å². The van der Waals surface area contributed by atoms with Gasteiger partial charge in [0.25, 0.3) is 5.91 Å². The fourth-order valence-electron chi connectivity index (χ4n) is 3.25. The van der Waals surface area contributed by atoms with Gasteiger partial charge in [0.15, 0.2) is 5.76 Å². The molecule has 0 aliphatic carbocycles. The first-order valence-corrected chi connectivity index (χ1v) is 8.95. The van der Waals surface area contributed by atoms with Crippen molar-refractivity contribution in [3.05, 3.63) is 95.3 Å². The van der Waals surface area contributed by atoms with Crippen molar-refractivity contribution in [2.75, 3.05) is 0 Å². The minimum Gasteiger partial charge on any atom is -0.453 e. The number of hydrogen-bond acceptors (Lipinski definition) is 4. The third kappa shape index (κ3) is 3.92. The molecule has 1 aromatic carbocycles. The van der Waals surface area contributed by atoms with Crippen molar-refractivity contribution in [3.8, 4) is 0 Å². The molecule has 0 saturated carbocycles. The molecule has 0 saturated heterocycles. The van der Waals surface area contributed by atoms with Gasteiger partial charge in [-0.25, -0.2) is 0 Å². The summed E-state index contributed by atoms with van der Waals surface area (Å²) in [7, 11) is 0. The lowest BCUT2D eigenvalue weighted by atomic mass is 10.0. The molecule has 1 aliphatic heterocycles. The van der Waals surface area contributed by atoms with E-state index in [1.807, 2.05) is 43.3 Å². The molecule has 0 bridgehead atoms. The molecule has 0 spiro atoms. The molecule has 2 aromatic heterocycles. The summed E-state index contributed by atoms with van der Waals surface area (Å²) in [6.07, 6.45) is 5.55. The van der Waals surface area contributed by atoms with Gasteiger partial charge in [0.2, 0.25) is 0 Å². The van der Waals surface area contributed by atoms with E-state index in [1.54, 1.807) is 12.4 Å². The third-order valence-electron chi connectivity index (χ3n) is 4.61. The Hall–Kier alpha value is -3.34. The van der Waals surface area contributed by atoms with E-state index in [-0.39, 0.29) is 5.91 Å². The van der Waals surface area contributed by atoms with Gasteiger partial charge in [-0.1, -0.05) is 30.3 Å². The molecule has 0 atom stereocenters. The zero-order chi connectivity index (χ0) is 18.6. The van der Waals surface area contributed by atoms with Gasteiger partial charge < -0.3 is 14.6 Å². The highest BCUT2D eigenvalue weighted by Gasteiger charge is 2.22.